The minimum Gasteiger partial charge on any atom is -0.491 e. The van der Waals surface area contributed by atoms with Gasteiger partial charge in [0.1, 0.15) is 35.7 Å². The molecule has 0 unspecified atom stereocenters. The van der Waals surface area contributed by atoms with E-state index in [4.69, 9.17) is 15.2 Å². The number of fused-ring (bicyclic) bond motifs is 3. The van der Waals surface area contributed by atoms with Crippen LogP contribution in [0.15, 0.2) is 36.8 Å². The molecule has 7 rings (SSSR count). The fourth-order valence-electron chi connectivity index (χ4n) is 7.23. The number of amides is 2. The van der Waals surface area contributed by atoms with Crippen LogP contribution in [0.1, 0.15) is 57.4 Å². The van der Waals surface area contributed by atoms with E-state index in [2.05, 4.69) is 50.1 Å². The van der Waals surface area contributed by atoms with Gasteiger partial charge in [0.15, 0.2) is 0 Å². The number of ether oxygens (including phenoxy) is 2. The molecule has 3 aliphatic heterocycles. The summed E-state index contributed by atoms with van der Waals surface area (Å²) in [7, 11) is 2.10. The summed E-state index contributed by atoms with van der Waals surface area (Å²) in [5.41, 5.74) is 9.25. The summed E-state index contributed by atoms with van der Waals surface area (Å²) in [6.07, 6.45) is 12.4. The average Bonchev–Trinajstić information content (AvgIpc) is 3.71. The lowest BCUT2D eigenvalue weighted by Crippen LogP contribution is -2.53. The average molecular weight is 560 g/mol. The number of nitrogens with one attached hydrogen (secondary N) is 1. The first-order valence-corrected chi connectivity index (χ1v) is 15.2. The van der Waals surface area contributed by atoms with Gasteiger partial charge in [-0.3, -0.25) is 0 Å². The Bertz CT molecular complexity index is 1400. The van der Waals surface area contributed by atoms with Crippen LogP contribution in [-0.4, -0.2) is 87.9 Å². The van der Waals surface area contributed by atoms with E-state index in [1.165, 1.54) is 0 Å². The number of hydrogen-bond acceptors (Lipinski definition) is 7. The van der Waals surface area contributed by atoms with E-state index < -0.39 is 0 Å². The maximum absolute atomic E-state index is 12.8. The zero-order chi connectivity index (χ0) is 28.0. The zero-order valence-electron chi connectivity index (χ0n) is 23.9. The molecule has 10 nitrogen and oxygen atoms in total. The Morgan fingerprint density at radius 2 is 1.88 bits per heavy atom. The summed E-state index contributed by atoms with van der Waals surface area (Å²) in [6.45, 7) is 4.03. The molecule has 1 aromatic carbocycles. The van der Waals surface area contributed by atoms with E-state index in [9.17, 15) is 4.79 Å². The molecule has 3 aromatic rings. The molecular formula is C31H41N7O3. The van der Waals surface area contributed by atoms with E-state index in [1.54, 1.807) is 6.33 Å². The number of likely N-dealkylation sites (N-methyl/N-ethyl adjacent to an activating group) is 1. The van der Waals surface area contributed by atoms with Crippen LogP contribution in [0.5, 0.6) is 5.75 Å². The molecule has 1 aliphatic carbocycles. The number of benzene rings is 1. The van der Waals surface area contributed by atoms with Crippen molar-refractivity contribution in [3.05, 3.63) is 36.8 Å². The van der Waals surface area contributed by atoms with Crippen molar-refractivity contribution >= 4 is 22.9 Å². The molecule has 3 saturated heterocycles. The van der Waals surface area contributed by atoms with Gasteiger partial charge < -0.3 is 34.9 Å². The summed E-state index contributed by atoms with van der Waals surface area (Å²) >= 11 is 0. The van der Waals surface area contributed by atoms with Crippen LogP contribution in [0.4, 0.5) is 10.6 Å². The van der Waals surface area contributed by atoms with Gasteiger partial charge in [-0.1, -0.05) is 12.1 Å². The Hall–Kier alpha value is -3.37. The van der Waals surface area contributed by atoms with Gasteiger partial charge >= 0.3 is 6.03 Å². The molecule has 0 atom stereocenters. The molecule has 3 N–H and O–H groups in total. The molecular weight excluding hydrogens is 518 g/mol. The summed E-state index contributed by atoms with van der Waals surface area (Å²) in [5.74, 6) is 1.32. The second kappa shape index (κ2) is 10.8. The lowest BCUT2D eigenvalue weighted by Gasteiger charge is -2.35. The van der Waals surface area contributed by atoms with Crippen molar-refractivity contribution in [2.24, 2.45) is 0 Å². The standard InChI is InChI=1S/C31H41N7O3/c1-36-13-15-37(16-14-36)30(39)35-22-5-7-23(8-6-22)38-18-26(27-28(32)33-20-34-29(27)38)21-3-2-4-25(17-21)40-19-31-11-9-24(41-31)10-12-31/h2-4,17-18,20,22-24H,5-16,19H2,1H3,(H,35,39)(H2,32,33,34). The molecule has 218 valence electrons. The van der Waals surface area contributed by atoms with Gasteiger partial charge in [-0.2, -0.15) is 0 Å². The molecule has 5 heterocycles. The normalized spacial score (nSPS) is 28.3. The molecule has 2 bridgehead atoms. The molecule has 4 aliphatic rings. The van der Waals surface area contributed by atoms with E-state index in [0.717, 1.165) is 105 Å². The van der Waals surface area contributed by atoms with Crippen LogP contribution >= 0.6 is 0 Å². The Morgan fingerprint density at radius 3 is 2.61 bits per heavy atom. The van der Waals surface area contributed by atoms with Crippen LogP contribution in [0.25, 0.3) is 22.2 Å². The summed E-state index contributed by atoms with van der Waals surface area (Å²) in [6, 6.07) is 8.79. The van der Waals surface area contributed by atoms with Gasteiger partial charge in [0.2, 0.25) is 0 Å². The SMILES string of the molecule is CN1CCN(C(=O)NC2CCC(n3cc(-c4cccc(OCC56CCC(CC5)O6)c4)c4c(N)ncnc43)CC2)CC1. The molecule has 4 fully saturated rings. The minimum absolute atomic E-state index is 0.0738. The summed E-state index contributed by atoms with van der Waals surface area (Å²) in [4.78, 5) is 26.0. The van der Waals surface area contributed by atoms with Gasteiger partial charge in [-0.05, 0) is 76.1 Å². The van der Waals surface area contributed by atoms with Crippen molar-refractivity contribution in [1.29, 1.82) is 0 Å². The Balaban J connectivity index is 1.06. The highest BCUT2D eigenvalue weighted by Crippen LogP contribution is 2.44. The number of aromatic nitrogens is 3. The van der Waals surface area contributed by atoms with Crippen molar-refractivity contribution < 1.29 is 14.3 Å². The quantitative estimate of drug-likeness (QED) is 0.465. The molecule has 10 heteroatoms. The number of carbonyl (C=O) groups is 1. The zero-order valence-corrected chi connectivity index (χ0v) is 23.9. The summed E-state index contributed by atoms with van der Waals surface area (Å²) < 4.78 is 14.8. The third-order valence-electron chi connectivity index (χ3n) is 9.75. The first-order chi connectivity index (χ1) is 20.0. The maximum atomic E-state index is 12.8. The number of nitrogens with zero attached hydrogens (tertiary/aromatic N) is 5. The van der Waals surface area contributed by atoms with Gasteiger partial charge in [-0.25, -0.2) is 14.8 Å². The monoisotopic (exact) mass is 559 g/mol. The first kappa shape index (κ1) is 26.5. The number of urea groups is 1. The second-order valence-electron chi connectivity index (χ2n) is 12.5. The van der Waals surface area contributed by atoms with Crippen LogP contribution in [0.3, 0.4) is 0 Å². The van der Waals surface area contributed by atoms with Crippen LogP contribution in [-0.2, 0) is 4.74 Å². The lowest BCUT2D eigenvalue weighted by molar-refractivity contribution is -0.0198. The van der Waals surface area contributed by atoms with E-state index in [0.29, 0.717) is 18.5 Å². The fourth-order valence-corrected chi connectivity index (χ4v) is 7.23. The molecule has 0 radical (unpaired) electrons. The third kappa shape index (κ3) is 5.23. The first-order valence-electron chi connectivity index (χ1n) is 15.2. The Kier molecular flexibility index (Phi) is 6.98. The Morgan fingerprint density at radius 1 is 1.10 bits per heavy atom. The highest BCUT2D eigenvalue weighted by Gasteiger charge is 2.46. The molecule has 2 aromatic heterocycles. The predicted molar refractivity (Wildman–Crippen MR) is 158 cm³/mol. The van der Waals surface area contributed by atoms with Crippen molar-refractivity contribution in [3.8, 4) is 16.9 Å². The van der Waals surface area contributed by atoms with Crippen LogP contribution in [0, 0.1) is 0 Å². The van der Waals surface area contributed by atoms with Crippen molar-refractivity contribution in [3.63, 3.8) is 0 Å². The van der Waals surface area contributed by atoms with E-state index in [1.807, 2.05) is 17.0 Å². The van der Waals surface area contributed by atoms with Gasteiger partial charge in [0.25, 0.3) is 0 Å². The molecule has 0 spiro atoms. The second-order valence-corrected chi connectivity index (χ2v) is 12.5. The number of hydrogen-bond donors (Lipinski definition) is 2. The van der Waals surface area contributed by atoms with Gasteiger partial charge in [-0.15, -0.1) is 0 Å². The predicted octanol–water partition coefficient (Wildman–Crippen LogP) is 4.21. The van der Waals surface area contributed by atoms with Crippen molar-refractivity contribution in [2.45, 2.75) is 75.2 Å². The number of rotatable bonds is 6. The van der Waals surface area contributed by atoms with Crippen LogP contribution < -0.4 is 15.8 Å². The topological polar surface area (TPSA) is 111 Å². The van der Waals surface area contributed by atoms with E-state index in [-0.39, 0.29) is 23.7 Å². The molecule has 41 heavy (non-hydrogen) atoms. The number of nitrogens with two attached hydrogens (primary N) is 1. The van der Waals surface area contributed by atoms with Crippen LogP contribution in [0.2, 0.25) is 0 Å². The van der Waals surface area contributed by atoms with Gasteiger partial charge in [0, 0.05) is 50.0 Å². The highest BCUT2D eigenvalue weighted by atomic mass is 16.6. The third-order valence-corrected chi connectivity index (χ3v) is 9.75. The van der Waals surface area contributed by atoms with Crippen molar-refractivity contribution in [2.75, 3.05) is 45.6 Å². The fraction of sp³-hybridized carbons (Fsp3) is 0.581. The number of nitrogen functional groups attached to an aromatic ring is 1. The smallest absolute Gasteiger partial charge is 0.317 e. The maximum Gasteiger partial charge on any atom is 0.317 e. The Labute approximate surface area is 241 Å². The van der Waals surface area contributed by atoms with Crippen molar-refractivity contribution in [1.82, 2.24) is 29.7 Å². The summed E-state index contributed by atoms with van der Waals surface area (Å²) in [5, 5.41) is 4.17. The minimum atomic E-state index is -0.113. The van der Waals surface area contributed by atoms with Gasteiger partial charge in [0.05, 0.1) is 11.5 Å². The number of anilines is 1. The molecule has 1 saturated carbocycles. The number of piperazine rings is 1. The molecule has 2 amide bonds. The van der Waals surface area contributed by atoms with E-state index >= 15 is 0 Å². The number of carbonyl (C=O) groups excluding carboxylic acids is 1. The largest absolute Gasteiger partial charge is 0.491 e. The lowest BCUT2D eigenvalue weighted by atomic mass is 9.89. The highest BCUT2D eigenvalue weighted by molar-refractivity contribution is 6.00.